The Balaban J connectivity index is 2.75. The maximum absolute atomic E-state index is 13.1. The Morgan fingerprint density at radius 2 is 1.52 bits per heavy atom. The summed E-state index contributed by atoms with van der Waals surface area (Å²) in [6.45, 7) is 25.3. The zero-order valence-electron chi connectivity index (χ0n) is 20.5. The summed E-state index contributed by atoms with van der Waals surface area (Å²) in [7, 11) is -4.29. The second-order valence-corrected chi connectivity index (χ2v) is 21.8. The SMILES string of the molecule is CC(C)[Si](c1ccccc1)(C(C)C)[C@@]1(C)[C@H](O[Si](C)(C)C(C)(C)C)NC(=O)[C@@H]1C. The Morgan fingerprint density at radius 3 is 1.93 bits per heavy atom. The van der Waals surface area contributed by atoms with Crippen LogP contribution in [0.5, 0.6) is 0 Å². The van der Waals surface area contributed by atoms with E-state index in [-0.39, 0.29) is 28.1 Å². The van der Waals surface area contributed by atoms with Gasteiger partial charge in [-0.3, -0.25) is 4.79 Å². The maximum Gasteiger partial charge on any atom is 0.225 e. The fourth-order valence-corrected chi connectivity index (χ4v) is 15.0. The van der Waals surface area contributed by atoms with Gasteiger partial charge in [-0.1, -0.05) is 97.8 Å². The average molecular weight is 434 g/mol. The molecule has 164 valence electrons. The van der Waals surface area contributed by atoms with Crippen molar-refractivity contribution in [2.45, 2.75) is 103 Å². The first-order chi connectivity index (χ1) is 13.1. The number of benzene rings is 1. The molecule has 1 saturated heterocycles. The van der Waals surface area contributed by atoms with Crippen molar-refractivity contribution < 1.29 is 9.22 Å². The topological polar surface area (TPSA) is 38.3 Å². The maximum atomic E-state index is 13.1. The Morgan fingerprint density at radius 1 is 1.03 bits per heavy atom. The lowest BCUT2D eigenvalue weighted by Gasteiger charge is -2.56. The van der Waals surface area contributed by atoms with Crippen LogP contribution in [0.1, 0.15) is 62.3 Å². The van der Waals surface area contributed by atoms with E-state index in [4.69, 9.17) is 4.43 Å². The van der Waals surface area contributed by atoms with Gasteiger partial charge in [0.15, 0.2) is 8.32 Å². The molecule has 1 amide bonds. The first-order valence-electron chi connectivity index (χ1n) is 11.2. The quantitative estimate of drug-likeness (QED) is 0.556. The minimum Gasteiger partial charge on any atom is -0.397 e. The van der Waals surface area contributed by atoms with Crippen molar-refractivity contribution in [3.05, 3.63) is 30.3 Å². The summed E-state index contributed by atoms with van der Waals surface area (Å²) in [6.07, 6.45) is -0.234. The van der Waals surface area contributed by atoms with E-state index >= 15 is 0 Å². The predicted octanol–water partition coefficient (Wildman–Crippen LogP) is 6.04. The van der Waals surface area contributed by atoms with E-state index in [0.717, 1.165) is 0 Å². The van der Waals surface area contributed by atoms with Gasteiger partial charge < -0.3 is 9.74 Å². The molecule has 1 N–H and O–H groups in total. The molecule has 2 rings (SSSR count). The van der Waals surface area contributed by atoms with Crippen molar-refractivity contribution in [1.82, 2.24) is 5.32 Å². The highest BCUT2D eigenvalue weighted by Gasteiger charge is 2.66. The molecule has 0 aliphatic carbocycles. The van der Waals surface area contributed by atoms with Gasteiger partial charge in [0.1, 0.15) is 14.3 Å². The third-order valence-electron chi connectivity index (χ3n) is 8.29. The molecule has 0 bridgehead atoms. The second kappa shape index (κ2) is 7.97. The fourth-order valence-electron chi connectivity index (χ4n) is 5.70. The Labute approximate surface area is 181 Å². The van der Waals surface area contributed by atoms with E-state index in [9.17, 15) is 4.79 Å². The highest BCUT2D eigenvalue weighted by atomic mass is 28.4. The molecule has 1 heterocycles. The molecule has 5 heteroatoms. The van der Waals surface area contributed by atoms with Crippen LogP contribution in [0.4, 0.5) is 0 Å². The molecule has 0 spiro atoms. The lowest BCUT2D eigenvalue weighted by Crippen LogP contribution is -2.67. The molecule has 3 atom stereocenters. The lowest BCUT2D eigenvalue weighted by molar-refractivity contribution is -0.122. The van der Waals surface area contributed by atoms with E-state index in [1.165, 1.54) is 5.19 Å². The zero-order valence-corrected chi connectivity index (χ0v) is 22.5. The second-order valence-electron chi connectivity index (χ2n) is 11.3. The van der Waals surface area contributed by atoms with Crippen molar-refractivity contribution >= 4 is 27.5 Å². The predicted molar refractivity (Wildman–Crippen MR) is 130 cm³/mol. The number of amides is 1. The molecule has 1 aromatic rings. The Kier molecular flexibility index (Phi) is 6.69. The highest BCUT2D eigenvalue weighted by molar-refractivity contribution is 6.96. The Hall–Kier alpha value is -0.916. The average Bonchev–Trinajstić information content (AvgIpc) is 2.79. The monoisotopic (exact) mass is 433 g/mol. The zero-order chi connectivity index (χ0) is 22.4. The van der Waals surface area contributed by atoms with Gasteiger partial charge >= 0.3 is 0 Å². The van der Waals surface area contributed by atoms with E-state index in [2.05, 4.69) is 111 Å². The molecule has 1 fully saturated rings. The third kappa shape index (κ3) is 3.68. The third-order valence-corrected chi connectivity index (χ3v) is 20.1. The summed E-state index contributed by atoms with van der Waals surface area (Å²) in [5.41, 5.74) is 0.964. The normalized spacial score (nSPS) is 26.3. The van der Waals surface area contributed by atoms with E-state index in [1.807, 2.05) is 0 Å². The van der Waals surface area contributed by atoms with Gasteiger partial charge in [0.2, 0.25) is 5.91 Å². The number of hydrogen-bond acceptors (Lipinski definition) is 2. The van der Waals surface area contributed by atoms with Gasteiger partial charge in [-0.2, -0.15) is 0 Å². The molecule has 3 nitrogen and oxygen atoms in total. The van der Waals surface area contributed by atoms with Crippen LogP contribution in [-0.2, 0) is 9.22 Å². The van der Waals surface area contributed by atoms with Crippen LogP contribution in [0.15, 0.2) is 30.3 Å². The van der Waals surface area contributed by atoms with Crippen LogP contribution in [0.2, 0.25) is 34.3 Å². The molecular formula is C24H43NO2Si2. The summed E-state index contributed by atoms with van der Waals surface area (Å²) >= 11 is 0. The lowest BCUT2D eigenvalue weighted by atomic mass is 9.97. The summed E-state index contributed by atoms with van der Waals surface area (Å²) < 4.78 is 6.99. The minimum atomic E-state index is -2.23. The smallest absolute Gasteiger partial charge is 0.225 e. The number of carbonyl (C=O) groups excluding carboxylic acids is 1. The van der Waals surface area contributed by atoms with Gasteiger partial charge in [-0.15, -0.1) is 0 Å². The van der Waals surface area contributed by atoms with Crippen molar-refractivity contribution in [3.8, 4) is 0 Å². The molecule has 0 aromatic heterocycles. The molecule has 0 radical (unpaired) electrons. The first kappa shape index (κ1) is 24.4. The molecule has 1 aromatic carbocycles. The largest absolute Gasteiger partial charge is 0.397 e. The van der Waals surface area contributed by atoms with Crippen molar-refractivity contribution in [2.24, 2.45) is 5.92 Å². The van der Waals surface area contributed by atoms with Crippen LogP contribution < -0.4 is 10.5 Å². The van der Waals surface area contributed by atoms with E-state index in [1.54, 1.807) is 0 Å². The van der Waals surface area contributed by atoms with Crippen LogP contribution in [-0.4, -0.2) is 28.5 Å². The van der Waals surface area contributed by atoms with Crippen molar-refractivity contribution in [1.29, 1.82) is 0 Å². The number of hydrogen-bond donors (Lipinski definition) is 1. The van der Waals surface area contributed by atoms with E-state index in [0.29, 0.717) is 11.1 Å². The van der Waals surface area contributed by atoms with Gasteiger partial charge in [0, 0.05) is 11.0 Å². The molecule has 0 unspecified atom stereocenters. The fraction of sp³-hybridized carbons (Fsp3) is 0.708. The summed E-state index contributed by atoms with van der Waals surface area (Å²) in [4.78, 5) is 13.1. The number of rotatable bonds is 6. The molecular weight excluding hydrogens is 390 g/mol. The Bertz CT molecular complexity index is 716. The van der Waals surface area contributed by atoms with Crippen LogP contribution in [0, 0.1) is 5.92 Å². The molecule has 1 aliphatic heterocycles. The van der Waals surface area contributed by atoms with Crippen LogP contribution >= 0.6 is 0 Å². The first-order valence-corrected chi connectivity index (χ1v) is 16.2. The van der Waals surface area contributed by atoms with Gasteiger partial charge in [0.25, 0.3) is 0 Å². The van der Waals surface area contributed by atoms with Gasteiger partial charge in [-0.05, 0) is 29.2 Å². The van der Waals surface area contributed by atoms with Crippen LogP contribution in [0.25, 0.3) is 0 Å². The number of nitrogens with one attached hydrogen (secondary N) is 1. The summed E-state index contributed by atoms with van der Waals surface area (Å²) in [5.74, 6) is 0.0688. The van der Waals surface area contributed by atoms with Crippen molar-refractivity contribution in [2.75, 3.05) is 0 Å². The molecule has 0 saturated carbocycles. The van der Waals surface area contributed by atoms with Gasteiger partial charge in [0.05, 0.1) is 0 Å². The summed E-state index contributed by atoms with van der Waals surface area (Å²) in [5, 5.41) is 4.62. The van der Waals surface area contributed by atoms with Crippen molar-refractivity contribution in [3.63, 3.8) is 0 Å². The highest BCUT2D eigenvalue weighted by Crippen LogP contribution is 2.60. The van der Waals surface area contributed by atoms with Crippen LogP contribution in [0.3, 0.4) is 0 Å². The molecule has 29 heavy (non-hydrogen) atoms. The number of carbonyl (C=O) groups is 1. The minimum absolute atomic E-state index is 0.0751. The van der Waals surface area contributed by atoms with Gasteiger partial charge in [-0.25, -0.2) is 0 Å². The van der Waals surface area contributed by atoms with E-state index < -0.39 is 16.4 Å². The molecule has 1 aliphatic rings. The standard InChI is InChI=1S/C24H43NO2Si2/c1-17(2)29(18(3)4,20-15-13-12-14-16-20)24(9)19(5)21(26)25-22(24)27-28(10,11)23(6,7)8/h12-19,22H,1-11H3,(H,25,26)/t19-,22-,24+/m0/s1. The summed E-state index contributed by atoms with van der Waals surface area (Å²) in [6, 6.07) is 11.0.